The fourth-order valence-electron chi connectivity index (χ4n) is 1.34. The fraction of sp³-hybridized carbons (Fsp3) is 0. The predicted octanol–water partition coefficient (Wildman–Crippen LogP) is 2.05. The predicted molar refractivity (Wildman–Crippen MR) is 70.3 cm³/mol. The monoisotopic (exact) mass is 275 g/mol. The third kappa shape index (κ3) is 3.19. The zero-order chi connectivity index (χ0) is 14.5. The fourth-order valence-corrected chi connectivity index (χ4v) is 1.34. The second kappa shape index (κ2) is 5.65. The van der Waals surface area contributed by atoms with E-state index in [1.165, 1.54) is 42.8 Å². The van der Waals surface area contributed by atoms with Crippen LogP contribution >= 0.6 is 0 Å². The normalized spacial score (nSPS) is 11.4. The Labute approximate surface area is 112 Å². The van der Waals surface area contributed by atoms with Crippen LogP contribution in [-0.2, 0) is 0 Å². The third-order valence-electron chi connectivity index (χ3n) is 2.26. The van der Waals surface area contributed by atoms with E-state index < -0.39 is 4.92 Å². The molecule has 2 N–H and O–H groups in total. The maximum absolute atomic E-state index is 10.4. The number of phenolic OH excluding ortho intramolecular Hbond substituents is 2. The molecule has 0 aliphatic rings. The Morgan fingerprint density at radius 2 is 1.90 bits per heavy atom. The van der Waals surface area contributed by atoms with Gasteiger partial charge in [-0.3, -0.25) is 10.1 Å². The first kappa shape index (κ1) is 13.3. The Balaban J connectivity index is 2.05. The van der Waals surface area contributed by atoms with E-state index in [9.17, 15) is 15.2 Å². The van der Waals surface area contributed by atoms with Gasteiger partial charge in [-0.25, -0.2) is 0 Å². The highest BCUT2D eigenvalue weighted by Gasteiger charge is 2.09. The topological polar surface area (TPSA) is 121 Å². The molecule has 0 saturated heterocycles. The maximum atomic E-state index is 10.4. The highest BCUT2D eigenvalue weighted by molar-refractivity contribution is 5.84. The number of hydrogen-bond acceptors (Lipinski definition) is 7. The molecule has 0 bridgehead atoms. The quantitative estimate of drug-likeness (QED) is 0.502. The first-order chi connectivity index (χ1) is 9.56. The van der Waals surface area contributed by atoms with Gasteiger partial charge in [-0.2, -0.15) is 10.2 Å². The first-order valence-corrected chi connectivity index (χ1v) is 5.39. The largest absolute Gasteiger partial charge is 0.508 e. The Morgan fingerprint density at radius 1 is 1.15 bits per heavy atom. The van der Waals surface area contributed by atoms with Gasteiger partial charge in [0.15, 0.2) is 5.76 Å². The van der Waals surface area contributed by atoms with Crippen molar-refractivity contribution in [2.24, 2.45) is 10.2 Å². The summed E-state index contributed by atoms with van der Waals surface area (Å²) >= 11 is 0. The van der Waals surface area contributed by atoms with Crippen LogP contribution in [0.3, 0.4) is 0 Å². The van der Waals surface area contributed by atoms with E-state index in [2.05, 4.69) is 10.2 Å². The van der Waals surface area contributed by atoms with Crippen LogP contribution in [0.4, 0.5) is 5.88 Å². The highest BCUT2D eigenvalue weighted by Crippen LogP contribution is 2.20. The Hall–Kier alpha value is -3.16. The van der Waals surface area contributed by atoms with Crippen molar-refractivity contribution >= 4 is 18.3 Å². The van der Waals surface area contributed by atoms with Crippen molar-refractivity contribution in [3.8, 4) is 11.5 Å². The van der Waals surface area contributed by atoms with Crippen molar-refractivity contribution in [1.29, 1.82) is 0 Å². The van der Waals surface area contributed by atoms with E-state index in [1.54, 1.807) is 0 Å². The van der Waals surface area contributed by atoms with Gasteiger partial charge in [0, 0.05) is 11.6 Å². The number of hydrogen-bond donors (Lipinski definition) is 2. The molecule has 0 aliphatic carbocycles. The second-order valence-electron chi connectivity index (χ2n) is 3.67. The minimum Gasteiger partial charge on any atom is -0.508 e. The minimum absolute atomic E-state index is 0.0638. The minimum atomic E-state index is -0.658. The first-order valence-electron chi connectivity index (χ1n) is 5.39. The van der Waals surface area contributed by atoms with Gasteiger partial charge < -0.3 is 14.6 Å². The standard InChI is InChI=1S/C12H9N3O5/c16-9-2-1-8(11(17)5-9)6-13-14-7-10-3-4-12(20-10)15(18)19/h1-7,16-17H/b13-6+,14-7-. The molecule has 1 aromatic carbocycles. The van der Waals surface area contributed by atoms with Gasteiger partial charge in [-0.15, -0.1) is 0 Å². The van der Waals surface area contributed by atoms with Crippen LogP contribution in [0.25, 0.3) is 0 Å². The van der Waals surface area contributed by atoms with E-state index in [-0.39, 0.29) is 23.1 Å². The molecule has 0 amide bonds. The molecule has 20 heavy (non-hydrogen) atoms. The van der Waals surface area contributed by atoms with Gasteiger partial charge in [-0.1, -0.05) is 0 Å². The lowest BCUT2D eigenvalue weighted by Crippen LogP contribution is -1.83. The van der Waals surface area contributed by atoms with Crippen LogP contribution in [0.1, 0.15) is 11.3 Å². The zero-order valence-electron chi connectivity index (χ0n) is 10.0. The summed E-state index contributed by atoms with van der Waals surface area (Å²) in [4.78, 5) is 9.73. The summed E-state index contributed by atoms with van der Waals surface area (Å²) in [6, 6.07) is 6.61. The van der Waals surface area contributed by atoms with Crippen molar-refractivity contribution in [3.05, 3.63) is 51.8 Å². The summed E-state index contributed by atoms with van der Waals surface area (Å²) in [6.45, 7) is 0. The second-order valence-corrected chi connectivity index (χ2v) is 3.67. The molecule has 1 heterocycles. The summed E-state index contributed by atoms with van der Waals surface area (Å²) in [7, 11) is 0. The van der Waals surface area contributed by atoms with Crippen molar-refractivity contribution in [3.63, 3.8) is 0 Å². The number of furan rings is 1. The average Bonchev–Trinajstić information content (AvgIpc) is 2.85. The SMILES string of the molecule is O=[N+]([O-])c1ccc(/C=N\N=C\c2ccc(O)cc2O)o1. The number of aromatic hydroxyl groups is 2. The lowest BCUT2D eigenvalue weighted by Gasteiger charge is -1.97. The number of phenols is 2. The van der Waals surface area contributed by atoms with Gasteiger partial charge in [0.2, 0.25) is 0 Å². The molecule has 0 atom stereocenters. The van der Waals surface area contributed by atoms with Crippen LogP contribution in [-0.4, -0.2) is 27.6 Å². The lowest BCUT2D eigenvalue weighted by molar-refractivity contribution is -0.402. The molecule has 8 heteroatoms. The summed E-state index contributed by atoms with van der Waals surface area (Å²) in [5.41, 5.74) is 0.366. The number of nitro groups is 1. The average molecular weight is 275 g/mol. The molecule has 102 valence electrons. The van der Waals surface area contributed by atoms with E-state index in [4.69, 9.17) is 9.52 Å². The maximum Gasteiger partial charge on any atom is 0.433 e. The Morgan fingerprint density at radius 3 is 2.55 bits per heavy atom. The van der Waals surface area contributed by atoms with Crippen LogP contribution in [0, 0.1) is 10.1 Å². The van der Waals surface area contributed by atoms with Crippen LogP contribution in [0.5, 0.6) is 11.5 Å². The van der Waals surface area contributed by atoms with Crippen LogP contribution in [0.15, 0.2) is 45.0 Å². The van der Waals surface area contributed by atoms with Crippen molar-refractivity contribution in [1.82, 2.24) is 0 Å². The zero-order valence-corrected chi connectivity index (χ0v) is 10.0. The Kier molecular flexibility index (Phi) is 3.75. The van der Waals surface area contributed by atoms with Gasteiger partial charge in [0.1, 0.15) is 16.4 Å². The van der Waals surface area contributed by atoms with E-state index >= 15 is 0 Å². The summed E-state index contributed by atoms with van der Waals surface area (Å²) in [5.74, 6) is -0.404. The van der Waals surface area contributed by atoms with E-state index in [0.717, 1.165) is 0 Å². The molecule has 2 rings (SSSR count). The number of rotatable bonds is 4. The molecule has 0 radical (unpaired) electrons. The van der Waals surface area contributed by atoms with E-state index in [0.29, 0.717) is 5.56 Å². The molecule has 0 fully saturated rings. The van der Waals surface area contributed by atoms with E-state index in [1.807, 2.05) is 0 Å². The molecule has 8 nitrogen and oxygen atoms in total. The number of nitrogens with zero attached hydrogens (tertiary/aromatic N) is 3. The molecule has 0 unspecified atom stereocenters. The summed E-state index contributed by atoms with van der Waals surface area (Å²) in [6.07, 6.45) is 2.46. The highest BCUT2D eigenvalue weighted by atomic mass is 16.6. The van der Waals surface area contributed by atoms with Crippen molar-refractivity contribution in [2.75, 3.05) is 0 Å². The molecule has 0 spiro atoms. The van der Waals surface area contributed by atoms with Gasteiger partial charge in [0.05, 0.1) is 18.5 Å². The lowest BCUT2D eigenvalue weighted by atomic mass is 10.2. The van der Waals surface area contributed by atoms with Crippen molar-refractivity contribution in [2.45, 2.75) is 0 Å². The summed E-state index contributed by atoms with van der Waals surface area (Å²) in [5, 5.41) is 36.2. The van der Waals surface area contributed by atoms with Gasteiger partial charge in [0.25, 0.3) is 0 Å². The van der Waals surface area contributed by atoms with Gasteiger partial charge in [-0.05, 0) is 18.2 Å². The molecular weight excluding hydrogens is 266 g/mol. The third-order valence-corrected chi connectivity index (χ3v) is 2.26. The van der Waals surface area contributed by atoms with Crippen molar-refractivity contribution < 1.29 is 19.6 Å². The van der Waals surface area contributed by atoms with Crippen LogP contribution < -0.4 is 0 Å². The summed E-state index contributed by atoms with van der Waals surface area (Å²) < 4.78 is 4.83. The number of benzene rings is 1. The molecular formula is C12H9N3O5. The van der Waals surface area contributed by atoms with Gasteiger partial charge >= 0.3 is 5.88 Å². The smallest absolute Gasteiger partial charge is 0.433 e. The Bertz CT molecular complexity index is 690. The molecule has 2 aromatic rings. The molecule has 0 saturated carbocycles. The molecule has 0 aliphatic heterocycles. The van der Waals surface area contributed by atoms with Crippen LogP contribution in [0.2, 0.25) is 0 Å². The molecule has 1 aromatic heterocycles.